The number of halogens is 1. The van der Waals surface area contributed by atoms with Crippen molar-refractivity contribution in [3.63, 3.8) is 0 Å². The Hall–Kier alpha value is -2.03. The highest BCUT2D eigenvalue weighted by atomic mass is 19.1. The molecule has 1 N–H and O–H groups in total. The maximum atomic E-state index is 13.5. The van der Waals surface area contributed by atoms with E-state index in [2.05, 4.69) is 17.4 Å². The van der Waals surface area contributed by atoms with Gasteiger partial charge in [0, 0.05) is 5.69 Å². The lowest BCUT2D eigenvalue weighted by atomic mass is 9.87. The number of ether oxygens (including phenoxy) is 1. The Morgan fingerprint density at radius 1 is 1.19 bits per heavy atom. The van der Waals surface area contributed by atoms with Crippen molar-refractivity contribution >= 4 is 5.69 Å². The third-order valence-corrected chi connectivity index (χ3v) is 4.05. The maximum Gasteiger partial charge on any atom is 0.125 e. The van der Waals surface area contributed by atoms with Gasteiger partial charge in [0.2, 0.25) is 0 Å². The molecule has 0 radical (unpaired) electrons. The second kappa shape index (κ2) is 5.76. The summed E-state index contributed by atoms with van der Waals surface area (Å²) in [7, 11) is 1.68. The molecule has 2 aromatic carbocycles. The molecule has 1 aliphatic rings. The summed E-state index contributed by atoms with van der Waals surface area (Å²) in [5, 5.41) is 3.47. The van der Waals surface area contributed by atoms with Crippen LogP contribution in [0.1, 0.15) is 35.6 Å². The van der Waals surface area contributed by atoms with E-state index in [0.29, 0.717) is 0 Å². The third-order valence-electron chi connectivity index (χ3n) is 4.05. The molecule has 0 heterocycles. The van der Waals surface area contributed by atoms with E-state index in [-0.39, 0.29) is 11.9 Å². The zero-order valence-corrected chi connectivity index (χ0v) is 12.4. The zero-order valence-electron chi connectivity index (χ0n) is 12.4. The minimum Gasteiger partial charge on any atom is -0.497 e. The van der Waals surface area contributed by atoms with E-state index in [1.165, 1.54) is 11.1 Å². The van der Waals surface area contributed by atoms with Crippen molar-refractivity contribution < 1.29 is 9.13 Å². The lowest BCUT2D eigenvalue weighted by molar-refractivity contribution is 0.413. The second-order valence-electron chi connectivity index (χ2n) is 5.67. The molecule has 0 spiro atoms. The summed E-state index contributed by atoms with van der Waals surface area (Å²) < 4.78 is 18.9. The molecule has 0 aromatic heterocycles. The van der Waals surface area contributed by atoms with E-state index in [4.69, 9.17) is 4.74 Å². The Balaban J connectivity index is 1.90. The lowest BCUT2D eigenvalue weighted by Crippen LogP contribution is -2.17. The van der Waals surface area contributed by atoms with Crippen LogP contribution in [0, 0.1) is 12.7 Å². The van der Waals surface area contributed by atoms with Crippen LogP contribution in [-0.4, -0.2) is 7.11 Å². The molecule has 3 heteroatoms. The highest BCUT2D eigenvalue weighted by molar-refractivity contribution is 5.50. The van der Waals surface area contributed by atoms with Crippen LogP contribution >= 0.6 is 0 Å². The predicted octanol–water partition coefficient (Wildman–Crippen LogP) is 4.63. The second-order valence-corrected chi connectivity index (χ2v) is 5.67. The summed E-state index contributed by atoms with van der Waals surface area (Å²) in [4.78, 5) is 0. The molecular weight excluding hydrogens is 265 g/mol. The lowest BCUT2D eigenvalue weighted by Gasteiger charge is -2.28. The third kappa shape index (κ3) is 3.02. The van der Waals surface area contributed by atoms with Crippen molar-refractivity contribution in [3.05, 3.63) is 58.9 Å². The number of aryl methyl sites for hydroxylation is 2. The minimum absolute atomic E-state index is 0.195. The number of rotatable bonds is 3. The van der Waals surface area contributed by atoms with Gasteiger partial charge in [-0.2, -0.15) is 0 Å². The fourth-order valence-corrected chi connectivity index (χ4v) is 3.07. The first-order chi connectivity index (χ1) is 10.2. The highest BCUT2D eigenvalue weighted by Gasteiger charge is 2.20. The molecule has 1 atom stereocenters. The molecule has 2 nitrogen and oxygen atoms in total. The van der Waals surface area contributed by atoms with Gasteiger partial charge in [0.05, 0.1) is 13.2 Å². The van der Waals surface area contributed by atoms with Gasteiger partial charge in [0.15, 0.2) is 0 Å². The first-order valence-corrected chi connectivity index (χ1v) is 7.36. The van der Waals surface area contributed by atoms with Crippen molar-refractivity contribution in [2.75, 3.05) is 12.4 Å². The van der Waals surface area contributed by atoms with Crippen LogP contribution in [0.4, 0.5) is 10.1 Å². The molecule has 1 unspecified atom stereocenters. The molecule has 0 amide bonds. The quantitative estimate of drug-likeness (QED) is 0.887. The molecule has 2 aromatic rings. The van der Waals surface area contributed by atoms with E-state index >= 15 is 0 Å². The van der Waals surface area contributed by atoms with Crippen molar-refractivity contribution in [3.8, 4) is 5.75 Å². The molecule has 0 bridgehead atoms. The first kappa shape index (κ1) is 13.9. The number of methoxy groups -OCH3 is 1. The Morgan fingerprint density at radius 3 is 2.81 bits per heavy atom. The summed E-state index contributed by atoms with van der Waals surface area (Å²) in [6.07, 6.45) is 3.29. The van der Waals surface area contributed by atoms with E-state index in [1.807, 2.05) is 19.1 Å². The van der Waals surface area contributed by atoms with Gasteiger partial charge >= 0.3 is 0 Å². The van der Waals surface area contributed by atoms with Gasteiger partial charge in [-0.25, -0.2) is 4.39 Å². The average molecular weight is 285 g/mol. The Morgan fingerprint density at radius 2 is 2.05 bits per heavy atom. The largest absolute Gasteiger partial charge is 0.497 e. The van der Waals surface area contributed by atoms with E-state index in [1.54, 1.807) is 19.2 Å². The molecule has 3 rings (SSSR count). The van der Waals surface area contributed by atoms with Crippen LogP contribution in [0.5, 0.6) is 5.75 Å². The van der Waals surface area contributed by atoms with Gasteiger partial charge in [0.1, 0.15) is 11.6 Å². The van der Waals surface area contributed by atoms with Crippen LogP contribution < -0.4 is 10.1 Å². The molecule has 0 aliphatic heterocycles. The average Bonchev–Trinajstić information content (AvgIpc) is 2.46. The smallest absolute Gasteiger partial charge is 0.125 e. The fraction of sp³-hybridized carbons (Fsp3) is 0.333. The van der Waals surface area contributed by atoms with Crippen molar-refractivity contribution in [1.82, 2.24) is 0 Å². The summed E-state index contributed by atoms with van der Waals surface area (Å²) in [6.45, 7) is 1.91. The van der Waals surface area contributed by atoms with Gasteiger partial charge in [-0.05, 0) is 73.2 Å². The zero-order chi connectivity index (χ0) is 14.8. The number of hydrogen-bond acceptors (Lipinski definition) is 2. The summed E-state index contributed by atoms with van der Waals surface area (Å²) in [5.41, 5.74) is 4.39. The maximum absolute atomic E-state index is 13.5. The monoisotopic (exact) mass is 285 g/mol. The molecule has 110 valence electrons. The minimum atomic E-state index is -0.195. The van der Waals surface area contributed by atoms with Crippen LogP contribution in [0.3, 0.4) is 0 Å². The van der Waals surface area contributed by atoms with Gasteiger partial charge in [-0.15, -0.1) is 0 Å². The van der Waals surface area contributed by atoms with E-state index in [9.17, 15) is 4.39 Å². The Labute approximate surface area is 125 Å². The molecule has 1 aliphatic carbocycles. The highest BCUT2D eigenvalue weighted by Crippen LogP contribution is 2.35. The van der Waals surface area contributed by atoms with Crippen LogP contribution in [0.2, 0.25) is 0 Å². The normalized spacial score (nSPS) is 17.2. The van der Waals surface area contributed by atoms with Crippen LogP contribution in [-0.2, 0) is 6.42 Å². The van der Waals surface area contributed by atoms with Gasteiger partial charge in [-0.1, -0.05) is 6.07 Å². The molecule has 0 saturated carbocycles. The van der Waals surface area contributed by atoms with Crippen molar-refractivity contribution in [2.45, 2.75) is 32.2 Å². The number of benzene rings is 2. The van der Waals surface area contributed by atoms with E-state index < -0.39 is 0 Å². The molecule has 0 saturated heterocycles. The van der Waals surface area contributed by atoms with Gasteiger partial charge < -0.3 is 10.1 Å². The Bertz CT molecular complexity index is 633. The van der Waals surface area contributed by atoms with Gasteiger partial charge in [0.25, 0.3) is 0 Å². The number of hydrogen-bond donors (Lipinski definition) is 1. The molecule has 0 fully saturated rings. The van der Waals surface area contributed by atoms with Gasteiger partial charge in [-0.3, -0.25) is 0 Å². The van der Waals surface area contributed by atoms with Crippen LogP contribution in [0.25, 0.3) is 0 Å². The van der Waals surface area contributed by atoms with E-state index in [0.717, 1.165) is 36.3 Å². The van der Waals surface area contributed by atoms with Crippen molar-refractivity contribution in [2.24, 2.45) is 0 Å². The summed E-state index contributed by atoms with van der Waals surface area (Å²) in [6, 6.07) is 11.5. The Kier molecular flexibility index (Phi) is 3.82. The summed E-state index contributed by atoms with van der Waals surface area (Å²) >= 11 is 0. The van der Waals surface area contributed by atoms with Crippen LogP contribution in [0.15, 0.2) is 36.4 Å². The number of nitrogens with one attached hydrogen (secondary N) is 1. The first-order valence-electron chi connectivity index (χ1n) is 7.36. The molecule has 21 heavy (non-hydrogen) atoms. The van der Waals surface area contributed by atoms with Crippen molar-refractivity contribution in [1.29, 1.82) is 0 Å². The SMILES string of the molecule is COc1ccc2c(c1)C(Nc1cc(C)cc(F)c1)CCC2. The topological polar surface area (TPSA) is 21.3 Å². The fourth-order valence-electron chi connectivity index (χ4n) is 3.07. The number of anilines is 1. The number of fused-ring (bicyclic) bond motifs is 1. The molecular formula is C18H20FNO. The summed E-state index contributed by atoms with van der Waals surface area (Å²) in [5.74, 6) is 0.678. The standard InChI is InChI=1S/C18H20FNO/c1-12-8-14(19)10-15(9-12)20-18-5-3-4-13-6-7-16(21-2)11-17(13)18/h6-11,18,20H,3-5H2,1-2H3. The predicted molar refractivity (Wildman–Crippen MR) is 83.4 cm³/mol.